The Morgan fingerprint density at radius 2 is 2.54 bits per heavy atom. The second kappa shape index (κ2) is 4.79. The van der Waals surface area contributed by atoms with Gasteiger partial charge in [-0.15, -0.1) is 11.6 Å². The fraction of sp³-hybridized carbons (Fsp3) is 0.875. The van der Waals surface area contributed by atoms with Gasteiger partial charge in [-0.3, -0.25) is 9.69 Å². The molecule has 1 saturated heterocycles. The van der Waals surface area contributed by atoms with Gasteiger partial charge in [-0.2, -0.15) is 0 Å². The van der Waals surface area contributed by atoms with E-state index in [0.29, 0.717) is 19.2 Å². The Bertz CT molecular complexity index is 182. The predicted octanol–water partition coefficient (Wildman–Crippen LogP) is 0.399. The number of ether oxygens (including phenoxy) is 1. The molecule has 13 heavy (non-hydrogen) atoms. The van der Waals surface area contributed by atoms with Crippen LogP contribution in [0.5, 0.6) is 0 Å². The van der Waals surface area contributed by atoms with Crippen molar-refractivity contribution in [2.75, 3.05) is 26.8 Å². The molecule has 5 heteroatoms. The smallest absolute Gasteiger partial charge is 0.322 e. The lowest BCUT2D eigenvalue weighted by molar-refractivity contribution is -0.137. The zero-order valence-electron chi connectivity index (χ0n) is 7.57. The maximum absolute atomic E-state index is 10.5. The standard InChI is InChI=1S/C8H14ClNO3/c1-10(4-7(9)8(11)12)6-2-3-13-5-6/h6-7H,2-5H2,1H3,(H,11,12). The van der Waals surface area contributed by atoms with E-state index in [0.717, 1.165) is 13.0 Å². The van der Waals surface area contributed by atoms with Gasteiger partial charge in [-0.1, -0.05) is 0 Å². The molecule has 0 amide bonds. The van der Waals surface area contributed by atoms with Crippen LogP contribution < -0.4 is 0 Å². The molecule has 76 valence electrons. The Kier molecular flexibility index (Phi) is 3.96. The highest BCUT2D eigenvalue weighted by molar-refractivity contribution is 6.29. The van der Waals surface area contributed by atoms with E-state index in [1.165, 1.54) is 0 Å². The monoisotopic (exact) mass is 207 g/mol. The number of alkyl halides is 1. The first kappa shape index (κ1) is 10.8. The Balaban J connectivity index is 2.30. The summed E-state index contributed by atoms with van der Waals surface area (Å²) in [6, 6.07) is 0.320. The fourth-order valence-corrected chi connectivity index (χ4v) is 1.57. The van der Waals surface area contributed by atoms with Crippen molar-refractivity contribution >= 4 is 17.6 Å². The number of carboxylic acid groups (broad SMARTS) is 1. The van der Waals surface area contributed by atoms with E-state index in [9.17, 15) is 4.79 Å². The molecule has 1 N–H and O–H groups in total. The average Bonchev–Trinajstić information content (AvgIpc) is 2.55. The van der Waals surface area contributed by atoms with Crippen LogP contribution in [0.2, 0.25) is 0 Å². The zero-order valence-corrected chi connectivity index (χ0v) is 8.33. The third-order valence-electron chi connectivity index (χ3n) is 2.25. The summed E-state index contributed by atoms with van der Waals surface area (Å²) < 4.78 is 5.19. The van der Waals surface area contributed by atoms with Crippen molar-refractivity contribution in [2.24, 2.45) is 0 Å². The van der Waals surface area contributed by atoms with Crippen molar-refractivity contribution < 1.29 is 14.6 Å². The van der Waals surface area contributed by atoms with Gasteiger partial charge in [0.05, 0.1) is 6.61 Å². The summed E-state index contributed by atoms with van der Waals surface area (Å²) in [5.74, 6) is -0.965. The third kappa shape index (κ3) is 3.14. The van der Waals surface area contributed by atoms with Crippen LogP contribution in [0, 0.1) is 0 Å². The van der Waals surface area contributed by atoms with Gasteiger partial charge in [0.15, 0.2) is 0 Å². The highest BCUT2D eigenvalue weighted by Gasteiger charge is 2.24. The van der Waals surface area contributed by atoms with Crippen molar-refractivity contribution in [1.29, 1.82) is 0 Å². The van der Waals surface area contributed by atoms with E-state index in [1.54, 1.807) is 0 Å². The molecule has 0 radical (unpaired) electrons. The molecule has 1 heterocycles. The molecule has 1 rings (SSSR count). The second-order valence-corrected chi connectivity index (χ2v) is 3.79. The van der Waals surface area contributed by atoms with Gasteiger partial charge < -0.3 is 9.84 Å². The fourth-order valence-electron chi connectivity index (χ4n) is 1.35. The summed E-state index contributed by atoms with van der Waals surface area (Å²) in [5.41, 5.74) is 0. The molecular weight excluding hydrogens is 194 g/mol. The van der Waals surface area contributed by atoms with Gasteiger partial charge in [0.1, 0.15) is 5.38 Å². The van der Waals surface area contributed by atoms with Gasteiger partial charge in [0.25, 0.3) is 0 Å². The van der Waals surface area contributed by atoms with Gasteiger partial charge in [-0.05, 0) is 13.5 Å². The van der Waals surface area contributed by atoms with Crippen LogP contribution in [-0.4, -0.2) is 54.2 Å². The van der Waals surface area contributed by atoms with Crippen molar-refractivity contribution in [3.63, 3.8) is 0 Å². The summed E-state index contributed by atoms with van der Waals surface area (Å²) >= 11 is 5.61. The molecule has 4 nitrogen and oxygen atoms in total. The maximum atomic E-state index is 10.5. The molecule has 0 saturated carbocycles. The van der Waals surface area contributed by atoms with Crippen LogP contribution in [0.3, 0.4) is 0 Å². The minimum Gasteiger partial charge on any atom is -0.480 e. The second-order valence-electron chi connectivity index (χ2n) is 3.26. The van der Waals surface area contributed by atoms with Crippen LogP contribution in [0.4, 0.5) is 0 Å². The molecule has 1 fully saturated rings. The van der Waals surface area contributed by atoms with Gasteiger partial charge in [0, 0.05) is 19.2 Å². The quantitative estimate of drug-likeness (QED) is 0.678. The van der Waals surface area contributed by atoms with Crippen molar-refractivity contribution in [2.45, 2.75) is 17.8 Å². The minimum absolute atomic E-state index is 0.320. The molecule has 0 aliphatic carbocycles. The van der Waals surface area contributed by atoms with E-state index in [4.69, 9.17) is 21.4 Å². The topological polar surface area (TPSA) is 49.8 Å². The summed E-state index contributed by atoms with van der Waals surface area (Å²) in [6.45, 7) is 1.81. The summed E-state index contributed by atoms with van der Waals surface area (Å²) in [4.78, 5) is 12.4. The Hall–Kier alpha value is -0.320. The number of likely N-dealkylation sites (N-methyl/N-ethyl adjacent to an activating group) is 1. The number of carbonyl (C=O) groups is 1. The predicted molar refractivity (Wildman–Crippen MR) is 49.1 cm³/mol. The zero-order chi connectivity index (χ0) is 9.84. The Labute approximate surface area is 82.4 Å². The molecule has 1 aliphatic rings. The molecule has 0 aromatic carbocycles. The third-order valence-corrected chi connectivity index (χ3v) is 2.57. The molecule has 0 aromatic rings. The lowest BCUT2D eigenvalue weighted by Crippen LogP contribution is -2.38. The van der Waals surface area contributed by atoms with E-state index in [-0.39, 0.29) is 0 Å². The highest BCUT2D eigenvalue weighted by Crippen LogP contribution is 2.12. The SMILES string of the molecule is CN(CC(Cl)C(=O)O)C1CCOC1. The number of nitrogens with zero attached hydrogens (tertiary/aromatic N) is 1. The van der Waals surface area contributed by atoms with Crippen molar-refractivity contribution in [3.05, 3.63) is 0 Å². The molecule has 0 bridgehead atoms. The number of aliphatic carboxylic acids is 1. The van der Waals surface area contributed by atoms with Crippen LogP contribution in [-0.2, 0) is 9.53 Å². The average molecular weight is 208 g/mol. The number of hydrogen-bond acceptors (Lipinski definition) is 3. The Morgan fingerprint density at radius 1 is 1.85 bits per heavy atom. The molecule has 2 atom stereocenters. The summed E-state index contributed by atoms with van der Waals surface area (Å²) in [6.07, 6.45) is 0.958. The molecule has 2 unspecified atom stereocenters. The summed E-state index contributed by atoms with van der Waals surface area (Å²) in [7, 11) is 1.87. The van der Waals surface area contributed by atoms with Crippen molar-refractivity contribution in [3.8, 4) is 0 Å². The lowest BCUT2D eigenvalue weighted by Gasteiger charge is -2.23. The van der Waals surface area contributed by atoms with E-state index in [2.05, 4.69) is 0 Å². The van der Waals surface area contributed by atoms with Gasteiger partial charge >= 0.3 is 5.97 Å². The van der Waals surface area contributed by atoms with Gasteiger partial charge in [-0.25, -0.2) is 0 Å². The lowest BCUT2D eigenvalue weighted by atomic mass is 10.2. The van der Waals surface area contributed by atoms with Gasteiger partial charge in [0.2, 0.25) is 0 Å². The number of hydrogen-bond donors (Lipinski definition) is 1. The number of halogens is 1. The van der Waals surface area contributed by atoms with E-state index >= 15 is 0 Å². The minimum atomic E-state index is -0.965. The molecule has 0 aromatic heterocycles. The molecule has 0 spiro atoms. The molecule has 1 aliphatic heterocycles. The first-order valence-corrected chi connectivity index (χ1v) is 4.69. The van der Waals surface area contributed by atoms with Crippen LogP contribution >= 0.6 is 11.6 Å². The van der Waals surface area contributed by atoms with Crippen molar-refractivity contribution in [1.82, 2.24) is 4.90 Å². The van der Waals surface area contributed by atoms with Crippen LogP contribution in [0.1, 0.15) is 6.42 Å². The van der Waals surface area contributed by atoms with Crippen LogP contribution in [0.15, 0.2) is 0 Å². The maximum Gasteiger partial charge on any atom is 0.322 e. The normalized spacial score (nSPS) is 25.0. The number of carboxylic acids is 1. The van der Waals surface area contributed by atoms with E-state index < -0.39 is 11.3 Å². The first-order chi connectivity index (χ1) is 6.11. The highest BCUT2D eigenvalue weighted by atomic mass is 35.5. The largest absolute Gasteiger partial charge is 0.480 e. The Morgan fingerprint density at radius 3 is 3.00 bits per heavy atom. The number of rotatable bonds is 4. The summed E-state index contributed by atoms with van der Waals surface area (Å²) in [5, 5.41) is 7.76. The van der Waals surface area contributed by atoms with Crippen LogP contribution in [0.25, 0.3) is 0 Å². The van der Waals surface area contributed by atoms with E-state index in [1.807, 2.05) is 11.9 Å². The first-order valence-electron chi connectivity index (χ1n) is 4.26. The molecular formula is C8H14ClNO3.